The Balaban J connectivity index is 2.59. The summed E-state index contributed by atoms with van der Waals surface area (Å²) >= 11 is 0. The van der Waals surface area contributed by atoms with Crippen LogP contribution in [0.4, 0.5) is 10.5 Å². The number of nitrogens with two attached hydrogens (primary N) is 1. The molecule has 0 bridgehead atoms. The normalized spacial score (nSPS) is 9.23. The number of benzene rings is 1. The first-order chi connectivity index (χ1) is 6.22. The average Bonchev–Trinajstić information content (AvgIpc) is 2.15. The van der Waals surface area contributed by atoms with Gasteiger partial charge in [-0.05, 0) is 22.9 Å². The minimum Gasteiger partial charge on any atom is -0.352 e. The summed E-state index contributed by atoms with van der Waals surface area (Å²) in [6.45, 7) is 0.356. The van der Waals surface area contributed by atoms with Crippen LogP contribution >= 0.6 is 0 Å². The second-order valence-electron chi connectivity index (χ2n) is 2.48. The van der Waals surface area contributed by atoms with Crippen LogP contribution in [0.2, 0.25) is 0 Å². The molecule has 0 unspecified atom stereocenters. The molecule has 0 aliphatic heterocycles. The smallest absolute Gasteiger partial charge is 0.312 e. The predicted molar refractivity (Wildman–Crippen MR) is 48.3 cm³/mol. The molecule has 1 aromatic carbocycles. The lowest BCUT2D eigenvalue weighted by Gasteiger charge is -2.00. The molecule has 1 rings (SSSR count). The first-order valence-electron chi connectivity index (χ1n) is 3.68. The van der Waals surface area contributed by atoms with Crippen molar-refractivity contribution < 1.29 is 4.79 Å². The van der Waals surface area contributed by atoms with E-state index in [-0.39, 0.29) is 0 Å². The zero-order chi connectivity index (χ0) is 9.68. The van der Waals surface area contributed by atoms with Crippen LogP contribution in [0, 0.1) is 4.91 Å². The van der Waals surface area contributed by atoms with Gasteiger partial charge >= 0.3 is 6.03 Å². The van der Waals surface area contributed by atoms with E-state index in [2.05, 4.69) is 10.5 Å². The topological polar surface area (TPSA) is 84.6 Å². The Morgan fingerprint density at radius 3 is 2.46 bits per heavy atom. The van der Waals surface area contributed by atoms with E-state index in [0.29, 0.717) is 12.2 Å². The summed E-state index contributed by atoms with van der Waals surface area (Å²) in [7, 11) is 0. The average molecular weight is 179 g/mol. The lowest BCUT2D eigenvalue weighted by molar-refractivity contribution is 0.248. The van der Waals surface area contributed by atoms with Crippen molar-refractivity contribution in [3.8, 4) is 0 Å². The molecule has 0 aliphatic carbocycles. The number of nitrogens with one attached hydrogen (secondary N) is 1. The molecule has 1 aromatic rings. The van der Waals surface area contributed by atoms with Crippen molar-refractivity contribution in [1.29, 1.82) is 0 Å². The molecule has 0 fully saturated rings. The van der Waals surface area contributed by atoms with Crippen LogP contribution in [0.5, 0.6) is 0 Å². The fraction of sp³-hybridized carbons (Fsp3) is 0.125. The third kappa shape index (κ3) is 2.90. The molecule has 0 heterocycles. The summed E-state index contributed by atoms with van der Waals surface area (Å²) in [6.07, 6.45) is 0. The van der Waals surface area contributed by atoms with E-state index in [0.717, 1.165) is 5.56 Å². The van der Waals surface area contributed by atoms with E-state index < -0.39 is 6.03 Å². The van der Waals surface area contributed by atoms with Gasteiger partial charge in [0.2, 0.25) is 0 Å². The summed E-state index contributed by atoms with van der Waals surface area (Å²) in [4.78, 5) is 20.4. The van der Waals surface area contributed by atoms with Crippen LogP contribution in [-0.2, 0) is 6.54 Å². The number of primary amides is 1. The van der Waals surface area contributed by atoms with E-state index >= 15 is 0 Å². The van der Waals surface area contributed by atoms with E-state index in [4.69, 9.17) is 5.73 Å². The van der Waals surface area contributed by atoms with Crippen molar-refractivity contribution >= 4 is 11.7 Å². The maximum absolute atomic E-state index is 10.3. The van der Waals surface area contributed by atoms with Crippen molar-refractivity contribution in [3.63, 3.8) is 0 Å². The molecule has 0 aliphatic rings. The first kappa shape index (κ1) is 9.18. The summed E-state index contributed by atoms with van der Waals surface area (Å²) in [5, 5.41) is 5.17. The third-order valence-electron chi connectivity index (χ3n) is 1.51. The number of nitrogens with zero attached hydrogens (tertiary/aromatic N) is 1. The number of rotatable bonds is 3. The van der Waals surface area contributed by atoms with Crippen LogP contribution in [0.15, 0.2) is 29.4 Å². The fourth-order valence-corrected chi connectivity index (χ4v) is 0.864. The molecular formula is C8H9N3O2. The number of hydrogen-bond donors (Lipinski definition) is 2. The van der Waals surface area contributed by atoms with Crippen molar-refractivity contribution in [3.05, 3.63) is 34.7 Å². The van der Waals surface area contributed by atoms with Gasteiger partial charge in [-0.15, -0.1) is 4.91 Å². The van der Waals surface area contributed by atoms with Crippen molar-refractivity contribution in [2.24, 2.45) is 10.9 Å². The monoisotopic (exact) mass is 179 g/mol. The Hall–Kier alpha value is -1.91. The van der Waals surface area contributed by atoms with Gasteiger partial charge in [0.15, 0.2) is 0 Å². The molecular weight excluding hydrogens is 170 g/mol. The van der Waals surface area contributed by atoms with Crippen LogP contribution in [0.3, 0.4) is 0 Å². The number of hydrogen-bond acceptors (Lipinski definition) is 3. The fourth-order valence-electron chi connectivity index (χ4n) is 0.864. The van der Waals surface area contributed by atoms with Gasteiger partial charge in [-0.3, -0.25) is 0 Å². The largest absolute Gasteiger partial charge is 0.352 e. The molecule has 0 radical (unpaired) electrons. The highest BCUT2D eigenvalue weighted by atomic mass is 16.3. The molecule has 0 atom stereocenters. The van der Waals surface area contributed by atoms with Gasteiger partial charge in [0.1, 0.15) is 5.69 Å². The zero-order valence-corrected chi connectivity index (χ0v) is 6.86. The van der Waals surface area contributed by atoms with Crippen molar-refractivity contribution in [1.82, 2.24) is 5.32 Å². The highest BCUT2D eigenvalue weighted by molar-refractivity contribution is 5.71. The molecule has 5 heteroatoms. The minimum atomic E-state index is -0.572. The van der Waals surface area contributed by atoms with Crippen LogP contribution in [0.25, 0.3) is 0 Å². The molecule has 0 aromatic heterocycles. The van der Waals surface area contributed by atoms with E-state index in [1.54, 1.807) is 24.3 Å². The Morgan fingerprint density at radius 2 is 2.00 bits per heavy atom. The van der Waals surface area contributed by atoms with Gasteiger partial charge in [-0.2, -0.15) is 0 Å². The molecule has 13 heavy (non-hydrogen) atoms. The third-order valence-corrected chi connectivity index (χ3v) is 1.51. The van der Waals surface area contributed by atoms with E-state index in [1.165, 1.54) is 0 Å². The summed E-state index contributed by atoms with van der Waals surface area (Å²) in [5.41, 5.74) is 6.11. The number of urea groups is 1. The van der Waals surface area contributed by atoms with Gasteiger partial charge in [-0.1, -0.05) is 12.1 Å². The Morgan fingerprint density at radius 1 is 1.38 bits per heavy atom. The molecule has 0 saturated carbocycles. The summed E-state index contributed by atoms with van der Waals surface area (Å²) in [5.74, 6) is 0. The maximum atomic E-state index is 10.3. The first-order valence-corrected chi connectivity index (χ1v) is 3.68. The Kier molecular flexibility index (Phi) is 2.97. The van der Waals surface area contributed by atoms with E-state index in [9.17, 15) is 9.70 Å². The molecule has 5 nitrogen and oxygen atoms in total. The van der Waals surface area contributed by atoms with Gasteiger partial charge in [-0.25, -0.2) is 4.79 Å². The second-order valence-corrected chi connectivity index (χ2v) is 2.48. The van der Waals surface area contributed by atoms with Gasteiger partial charge < -0.3 is 11.1 Å². The molecule has 0 spiro atoms. The maximum Gasteiger partial charge on any atom is 0.312 e. The number of nitroso groups, excluding NO2 is 1. The predicted octanol–water partition coefficient (Wildman–Crippen LogP) is 1.25. The van der Waals surface area contributed by atoms with Crippen LogP contribution < -0.4 is 11.1 Å². The highest BCUT2D eigenvalue weighted by Crippen LogP contribution is 2.11. The second kappa shape index (κ2) is 4.20. The summed E-state index contributed by atoms with van der Waals surface area (Å²) in [6, 6.07) is 5.98. The number of carbonyl (C=O) groups excluding carboxylic acids is 1. The van der Waals surface area contributed by atoms with Gasteiger partial charge in [0.05, 0.1) is 0 Å². The van der Waals surface area contributed by atoms with Crippen molar-refractivity contribution in [2.45, 2.75) is 6.54 Å². The lowest BCUT2D eigenvalue weighted by atomic mass is 10.2. The van der Waals surface area contributed by atoms with Crippen LogP contribution in [0.1, 0.15) is 5.56 Å². The Bertz CT molecular complexity index is 308. The SMILES string of the molecule is NC(=O)NCc1ccc(N=O)cc1. The zero-order valence-electron chi connectivity index (χ0n) is 6.86. The van der Waals surface area contributed by atoms with Crippen molar-refractivity contribution in [2.75, 3.05) is 0 Å². The standard InChI is InChI=1S/C8H9N3O2/c9-8(12)10-5-6-1-3-7(11-13)4-2-6/h1-4H,5H2,(H3,9,10,12). The van der Waals surface area contributed by atoms with Crippen LogP contribution in [-0.4, -0.2) is 6.03 Å². The molecule has 0 saturated heterocycles. The quantitative estimate of drug-likeness (QED) is 0.684. The molecule has 68 valence electrons. The summed E-state index contributed by atoms with van der Waals surface area (Å²) < 4.78 is 0. The minimum absolute atomic E-state index is 0.356. The molecule has 3 N–H and O–H groups in total. The van der Waals surface area contributed by atoms with Gasteiger partial charge in [0.25, 0.3) is 0 Å². The Labute approximate surface area is 74.9 Å². The van der Waals surface area contributed by atoms with Gasteiger partial charge in [0, 0.05) is 6.54 Å². The molecule has 2 amide bonds. The highest BCUT2D eigenvalue weighted by Gasteiger charge is 1.95. The lowest BCUT2D eigenvalue weighted by Crippen LogP contribution is -2.28. The number of carbonyl (C=O) groups is 1. The number of amides is 2. The van der Waals surface area contributed by atoms with E-state index in [1.807, 2.05) is 0 Å².